The van der Waals surface area contributed by atoms with Crippen molar-refractivity contribution in [2.24, 2.45) is 0 Å². The number of nitrogens with two attached hydrogens (primary N) is 1. The molecule has 4 rings (SSSR count). The van der Waals surface area contributed by atoms with E-state index < -0.39 is 0 Å². The fourth-order valence-electron chi connectivity index (χ4n) is 2.43. The number of rotatable bonds is 2. The first kappa shape index (κ1) is 11.9. The normalized spacial score (nSPS) is 16.5. The maximum atomic E-state index is 5.67. The van der Waals surface area contributed by atoms with Crippen LogP contribution in [-0.4, -0.2) is 21.7 Å². The highest BCUT2D eigenvalue weighted by atomic mass is 16.5. The molecule has 0 fully saturated rings. The summed E-state index contributed by atoms with van der Waals surface area (Å²) in [5.74, 6) is 2.23. The van der Waals surface area contributed by atoms with Gasteiger partial charge in [0.2, 0.25) is 0 Å². The number of para-hydroxylation sites is 1. The van der Waals surface area contributed by atoms with E-state index in [1.165, 1.54) is 0 Å². The minimum absolute atomic E-state index is 0.0141. The van der Waals surface area contributed by atoms with Crippen LogP contribution in [0.15, 0.2) is 47.0 Å². The monoisotopic (exact) mass is 280 g/mol. The maximum absolute atomic E-state index is 5.67. The molecule has 6 heteroatoms. The van der Waals surface area contributed by atoms with E-state index >= 15 is 0 Å². The average Bonchev–Trinajstić information content (AvgIpc) is 3.14. The van der Waals surface area contributed by atoms with Crippen molar-refractivity contribution in [3.8, 4) is 17.3 Å². The molecule has 1 aliphatic rings. The molecule has 0 saturated heterocycles. The highest BCUT2D eigenvalue weighted by Gasteiger charge is 2.29. The molecular weight excluding hydrogens is 268 g/mol. The average molecular weight is 280 g/mol. The van der Waals surface area contributed by atoms with Gasteiger partial charge < -0.3 is 15.0 Å². The van der Waals surface area contributed by atoms with Crippen LogP contribution in [0.5, 0.6) is 5.75 Å². The number of fused-ring (bicyclic) bond motifs is 1. The SMILES string of the molecule is Nc1cccc(-c2nc(C3COc4ccccc43)no2)n1. The quantitative estimate of drug-likeness (QED) is 0.774. The zero-order valence-electron chi connectivity index (χ0n) is 11.1. The molecule has 0 aliphatic carbocycles. The molecule has 0 saturated carbocycles. The lowest BCUT2D eigenvalue weighted by Crippen LogP contribution is -2.04. The standard InChI is InChI=1S/C15H12N4O2/c16-13-7-3-5-11(17-13)15-18-14(19-21-15)10-8-20-12-6-2-1-4-9(10)12/h1-7,10H,8H2,(H2,16,17). The number of nitrogens with zero attached hydrogens (tertiary/aromatic N) is 3. The van der Waals surface area contributed by atoms with Crippen LogP contribution in [0.1, 0.15) is 17.3 Å². The van der Waals surface area contributed by atoms with Gasteiger partial charge in [0.05, 0.1) is 5.92 Å². The number of pyridine rings is 1. The molecule has 3 heterocycles. The Kier molecular flexibility index (Phi) is 2.60. The largest absolute Gasteiger partial charge is 0.492 e. The predicted octanol–water partition coefficient (Wildman–Crippen LogP) is 2.24. The van der Waals surface area contributed by atoms with Crippen molar-refractivity contribution in [2.75, 3.05) is 12.3 Å². The first-order valence-corrected chi connectivity index (χ1v) is 6.59. The van der Waals surface area contributed by atoms with E-state index in [9.17, 15) is 0 Å². The highest BCUT2D eigenvalue weighted by molar-refractivity contribution is 5.51. The van der Waals surface area contributed by atoms with E-state index in [-0.39, 0.29) is 5.92 Å². The van der Waals surface area contributed by atoms with E-state index in [1.807, 2.05) is 24.3 Å². The highest BCUT2D eigenvalue weighted by Crippen LogP contribution is 2.37. The van der Waals surface area contributed by atoms with Gasteiger partial charge >= 0.3 is 0 Å². The Morgan fingerprint density at radius 2 is 1.95 bits per heavy atom. The zero-order valence-corrected chi connectivity index (χ0v) is 11.1. The molecule has 0 radical (unpaired) electrons. The van der Waals surface area contributed by atoms with Crippen molar-refractivity contribution in [3.63, 3.8) is 0 Å². The van der Waals surface area contributed by atoms with E-state index in [0.29, 0.717) is 29.8 Å². The minimum atomic E-state index is -0.0141. The lowest BCUT2D eigenvalue weighted by atomic mass is 10.0. The summed E-state index contributed by atoms with van der Waals surface area (Å²) in [6.07, 6.45) is 0. The summed E-state index contributed by atoms with van der Waals surface area (Å²) in [7, 11) is 0. The summed E-state index contributed by atoms with van der Waals surface area (Å²) in [5, 5.41) is 4.06. The number of hydrogen-bond acceptors (Lipinski definition) is 6. The van der Waals surface area contributed by atoms with E-state index in [4.69, 9.17) is 15.0 Å². The Labute approximate surface area is 120 Å². The van der Waals surface area contributed by atoms with Gasteiger partial charge in [0, 0.05) is 5.56 Å². The van der Waals surface area contributed by atoms with Crippen LogP contribution in [0, 0.1) is 0 Å². The van der Waals surface area contributed by atoms with Crippen molar-refractivity contribution in [1.29, 1.82) is 0 Å². The van der Waals surface area contributed by atoms with Gasteiger partial charge in [0.1, 0.15) is 23.9 Å². The first-order valence-electron chi connectivity index (χ1n) is 6.59. The fraction of sp³-hybridized carbons (Fsp3) is 0.133. The summed E-state index contributed by atoms with van der Waals surface area (Å²) >= 11 is 0. The Balaban J connectivity index is 1.70. The second-order valence-corrected chi connectivity index (χ2v) is 4.81. The molecule has 104 valence electrons. The summed E-state index contributed by atoms with van der Waals surface area (Å²) < 4.78 is 10.9. The summed E-state index contributed by atoms with van der Waals surface area (Å²) in [4.78, 5) is 8.60. The maximum Gasteiger partial charge on any atom is 0.276 e. The van der Waals surface area contributed by atoms with E-state index in [1.54, 1.807) is 18.2 Å². The number of ether oxygens (including phenoxy) is 1. The molecule has 0 bridgehead atoms. The van der Waals surface area contributed by atoms with Gasteiger partial charge in [0.25, 0.3) is 5.89 Å². The molecular formula is C15H12N4O2. The molecule has 1 aromatic carbocycles. The van der Waals surface area contributed by atoms with Crippen molar-refractivity contribution in [3.05, 3.63) is 53.9 Å². The van der Waals surface area contributed by atoms with Crippen LogP contribution in [-0.2, 0) is 0 Å². The lowest BCUT2D eigenvalue weighted by Gasteiger charge is -2.01. The van der Waals surface area contributed by atoms with Gasteiger partial charge in [-0.3, -0.25) is 0 Å². The number of aromatic nitrogens is 3. The molecule has 2 aromatic heterocycles. The predicted molar refractivity (Wildman–Crippen MR) is 75.7 cm³/mol. The van der Waals surface area contributed by atoms with Gasteiger partial charge in [-0.25, -0.2) is 4.98 Å². The number of benzene rings is 1. The molecule has 3 aromatic rings. The molecule has 6 nitrogen and oxygen atoms in total. The van der Waals surface area contributed by atoms with Crippen LogP contribution < -0.4 is 10.5 Å². The topological polar surface area (TPSA) is 87.1 Å². The van der Waals surface area contributed by atoms with E-state index in [2.05, 4.69) is 15.1 Å². The first-order chi connectivity index (χ1) is 10.3. The smallest absolute Gasteiger partial charge is 0.276 e. The van der Waals surface area contributed by atoms with Gasteiger partial charge in [-0.15, -0.1) is 0 Å². The van der Waals surface area contributed by atoms with Gasteiger partial charge in [0.15, 0.2) is 5.82 Å². The number of nitrogen functional groups attached to an aromatic ring is 1. The Morgan fingerprint density at radius 1 is 1.05 bits per heavy atom. The van der Waals surface area contributed by atoms with E-state index in [0.717, 1.165) is 11.3 Å². The zero-order chi connectivity index (χ0) is 14.2. The molecule has 21 heavy (non-hydrogen) atoms. The second kappa shape index (κ2) is 4.59. The third kappa shape index (κ3) is 2.01. The summed E-state index contributed by atoms with van der Waals surface area (Å²) in [5.41, 5.74) is 7.31. The second-order valence-electron chi connectivity index (χ2n) is 4.81. The number of anilines is 1. The summed E-state index contributed by atoms with van der Waals surface area (Å²) in [6, 6.07) is 13.2. The van der Waals surface area contributed by atoms with Crippen LogP contribution in [0.3, 0.4) is 0 Å². The van der Waals surface area contributed by atoms with Crippen LogP contribution in [0.2, 0.25) is 0 Å². The summed E-state index contributed by atoms with van der Waals surface area (Å²) in [6.45, 7) is 0.517. The van der Waals surface area contributed by atoms with Crippen molar-refractivity contribution in [2.45, 2.75) is 5.92 Å². The Morgan fingerprint density at radius 3 is 2.86 bits per heavy atom. The van der Waals surface area contributed by atoms with Gasteiger partial charge in [-0.1, -0.05) is 29.4 Å². The molecule has 0 amide bonds. The third-order valence-electron chi connectivity index (χ3n) is 3.44. The lowest BCUT2D eigenvalue weighted by molar-refractivity contribution is 0.334. The van der Waals surface area contributed by atoms with Crippen molar-refractivity contribution < 1.29 is 9.26 Å². The van der Waals surface area contributed by atoms with Crippen molar-refractivity contribution >= 4 is 5.82 Å². The van der Waals surface area contributed by atoms with Crippen LogP contribution in [0.25, 0.3) is 11.6 Å². The fourth-order valence-corrected chi connectivity index (χ4v) is 2.43. The number of hydrogen-bond donors (Lipinski definition) is 1. The molecule has 2 N–H and O–H groups in total. The van der Waals surface area contributed by atoms with Crippen molar-refractivity contribution in [1.82, 2.24) is 15.1 Å². The van der Waals surface area contributed by atoms with Crippen LogP contribution in [0.4, 0.5) is 5.82 Å². The molecule has 1 aliphatic heterocycles. The molecule has 1 unspecified atom stereocenters. The minimum Gasteiger partial charge on any atom is -0.492 e. The molecule has 1 atom stereocenters. The van der Waals surface area contributed by atoms with Gasteiger partial charge in [-0.05, 0) is 18.2 Å². The Bertz CT molecular complexity index is 800. The Hall–Kier alpha value is -2.89. The van der Waals surface area contributed by atoms with Crippen LogP contribution >= 0.6 is 0 Å². The van der Waals surface area contributed by atoms with Gasteiger partial charge in [-0.2, -0.15) is 4.98 Å². The molecule has 0 spiro atoms. The third-order valence-corrected chi connectivity index (χ3v) is 3.44.